The van der Waals surface area contributed by atoms with Gasteiger partial charge >= 0.3 is 5.82 Å². The van der Waals surface area contributed by atoms with Crippen molar-refractivity contribution in [2.45, 2.75) is 13.3 Å². The summed E-state index contributed by atoms with van der Waals surface area (Å²) in [5.74, 6) is -0.0208. The molecule has 0 atom stereocenters. The second kappa shape index (κ2) is 5.83. The maximum atomic E-state index is 11.2. The van der Waals surface area contributed by atoms with Crippen LogP contribution in [0.3, 0.4) is 0 Å². The van der Waals surface area contributed by atoms with Gasteiger partial charge in [0.05, 0.1) is 0 Å². The largest absolute Gasteiger partial charge is 0.406 e. The lowest BCUT2D eigenvalue weighted by Gasteiger charge is -2.06. The minimum atomic E-state index is -0.561. The number of anilines is 1. The molecular weight excluding hydrogens is 226 g/mol. The van der Waals surface area contributed by atoms with Crippen LogP contribution in [-0.4, -0.2) is 33.5 Å². The smallest absolute Gasteiger partial charge is 0.364 e. The molecule has 8 nitrogen and oxygen atoms in total. The summed E-state index contributed by atoms with van der Waals surface area (Å²) in [6.45, 7) is 2.73. The molecule has 1 aromatic rings. The maximum Gasteiger partial charge on any atom is 0.406 e. The molecular formula is C9H15N5O3. The molecule has 1 amide bonds. The Hall–Kier alpha value is -2.12. The number of hydrogen-bond donors (Lipinski definition) is 2. The van der Waals surface area contributed by atoms with E-state index in [2.05, 4.69) is 15.6 Å². The van der Waals surface area contributed by atoms with Crippen molar-refractivity contribution < 1.29 is 9.72 Å². The molecule has 0 fully saturated rings. The number of aryl methyl sites for hydroxylation is 1. The average Bonchev–Trinajstić information content (AvgIpc) is 2.61. The highest BCUT2D eigenvalue weighted by atomic mass is 16.6. The molecule has 1 rings (SSSR count). The molecule has 0 aliphatic carbocycles. The van der Waals surface area contributed by atoms with E-state index in [9.17, 15) is 14.9 Å². The zero-order chi connectivity index (χ0) is 12.8. The summed E-state index contributed by atoms with van der Waals surface area (Å²) in [6.07, 6.45) is 1.61. The van der Waals surface area contributed by atoms with Crippen molar-refractivity contribution in [3.05, 3.63) is 16.4 Å². The van der Waals surface area contributed by atoms with Gasteiger partial charge in [0.2, 0.25) is 18.1 Å². The van der Waals surface area contributed by atoms with Gasteiger partial charge in [0.15, 0.2) is 0 Å². The fourth-order valence-corrected chi connectivity index (χ4v) is 1.34. The van der Waals surface area contributed by atoms with Crippen LogP contribution in [0, 0.1) is 10.1 Å². The van der Waals surface area contributed by atoms with E-state index < -0.39 is 4.92 Å². The fraction of sp³-hybridized carbons (Fsp3) is 0.556. The summed E-state index contributed by atoms with van der Waals surface area (Å²) in [7, 11) is 1.65. The van der Waals surface area contributed by atoms with Gasteiger partial charge in [-0.25, -0.2) is 0 Å². The number of amides is 1. The van der Waals surface area contributed by atoms with E-state index in [0.29, 0.717) is 18.9 Å². The van der Waals surface area contributed by atoms with Gasteiger partial charge in [-0.05, 0) is 16.8 Å². The first-order chi connectivity index (χ1) is 8.06. The van der Waals surface area contributed by atoms with Crippen molar-refractivity contribution in [3.8, 4) is 0 Å². The number of nitro groups is 1. The molecule has 0 bridgehead atoms. The van der Waals surface area contributed by atoms with Gasteiger partial charge in [0.25, 0.3) is 0 Å². The van der Waals surface area contributed by atoms with Crippen molar-refractivity contribution >= 4 is 17.5 Å². The van der Waals surface area contributed by atoms with E-state index >= 15 is 0 Å². The quantitative estimate of drug-likeness (QED) is 0.549. The van der Waals surface area contributed by atoms with Gasteiger partial charge in [-0.1, -0.05) is 0 Å². The average molecular weight is 241 g/mol. The molecule has 2 N–H and O–H groups in total. The molecule has 0 saturated heterocycles. The van der Waals surface area contributed by atoms with E-state index in [1.54, 1.807) is 7.05 Å². The van der Waals surface area contributed by atoms with Crippen molar-refractivity contribution in [3.63, 3.8) is 0 Å². The van der Waals surface area contributed by atoms with E-state index in [4.69, 9.17) is 0 Å². The lowest BCUT2D eigenvalue weighted by molar-refractivity contribution is -0.388. The highest BCUT2D eigenvalue weighted by molar-refractivity contribution is 5.76. The van der Waals surface area contributed by atoms with Crippen molar-refractivity contribution in [1.82, 2.24) is 14.9 Å². The third-order valence-electron chi connectivity index (χ3n) is 2.11. The Kier molecular flexibility index (Phi) is 4.44. The third-order valence-corrected chi connectivity index (χ3v) is 2.11. The first-order valence-electron chi connectivity index (χ1n) is 5.22. The Morgan fingerprint density at radius 2 is 2.35 bits per heavy atom. The molecule has 1 heterocycles. The van der Waals surface area contributed by atoms with E-state index in [1.165, 1.54) is 10.9 Å². The third kappa shape index (κ3) is 3.44. The highest BCUT2D eigenvalue weighted by Crippen LogP contribution is 2.20. The maximum absolute atomic E-state index is 11.2. The molecule has 0 aliphatic heterocycles. The van der Waals surface area contributed by atoms with Crippen LogP contribution < -0.4 is 10.6 Å². The first-order valence-corrected chi connectivity index (χ1v) is 5.22. The van der Waals surface area contributed by atoms with Gasteiger partial charge in [0.1, 0.15) is 0 Å². The van der Waals surface area contributed by atoms with Gasteiger partial charge < -0.3 is 20.7 Å². The minimum absolute atomic E-state index is 0.0928. The van der Waals surface area contributed by atoms with E-state index in [-0.39, 0.29) is 18.1 Å². The molecule has 0 aromatic carbocycles. The van der Waals surface area contributed by atoms with Gasteiger partial charge in [-0.15, -0.1) is 0 Å². The predicted octanol–water partition coefficient (Wildman–Crippen LogP) is 0.266. The second-order valence-electron chi connectivity index (χ2n) is 3.42. The van der Waals surface area contributed by atoms with Crippen LogP contribution in [0.5, 0.6) is 0 Å². The second-order valence-corrected chi connectivity index (χ2v) is 3.42. The van der Waals surface area contributed by atoms with Crippen molar-refractivity contribution in [2.24, 2.45) is 7.05 Å². The SMILES string of the molecule is CCNC(=O)CCNc1c([N+](=O)[O-])ncn1C. The number of nitrogens with zero attached hydrogens (tertiary/aromatic N) is 3. The summed E-state index contributed by atoms with van der Waals surface area (Å²) < 4.78 is 1.51. The number of carbonyl (C=O) groups excluding carboxylic acids is 1. The number of imidazole rings is 1. The number of aromatic nitrogens is 2. The fourth-order valence-electron chi connectivity index (χ4n) is 1.34. The summed E-state index contributed by atoms with van der Waals surface area (Å²) in [4.78, 5) is 24.9. The van der Waals surface area contributed by atoms with E-state index in [0.717, 1.165) is 0 Å². The number of rotatable bonds is 6. The van der Waals surface area contributed by atoms with Crippen LogP contribution >= 0.6 is 0 Å². The summed E-state index contributed by atoms with van der Waals surface area (Å²) in [6, 6.07) is 0. The zero-order valence-corrected chi connectivity index (χ0v) is 9.77. The lowest BCUT2D eigenvalue weighted by atomic mass is 10.4. The van der Waals surface area contributed by atoms with Crippen molar-refractivity contribution in [2.75, 3.05) is 18.4 Å². The standard InChI is InChI=1S/C9H15N5O3/c1-3-10-7(15)4-5-11-8-9(14(16)17)12-6-13(8)2/h6,11H,3-5H2,1-2H3,(H,10,15). The molecule has 1 aromatic heterocycles. The zero-order valence-electron chi connectivity index (χ0n) is 9.77. The summed E-state index contributed by atoms with van der Waals surface area (Å²) in [5, 5.41) is 16.1. The Balaban J connectivity index is 2.54. The minimum Gasteiger partial charge on any atom is -0.364 e. The molecule has 0 spiro atoms. The Morgan fingerprint density at radius 1 is 1.65 bits per heavy atom. The van der Waals surface area contributed by atoms with Crippen LogP contribution in [0.4, 0.5) is 11.6 Å². The first kappa shape index (κ1) is 12.9. The van der Waals surface area contributed by atoms with Crippen LogP contribution in [0.1, 0.15) is 13.3 Å². The van der Waals surface area contributed by atoms with Crippen LogP contribution in [-0.2, 0) is 11.8 Å². The molecule has 0 unspecified atom stereocenters. The highest BCUT2D eigenvalue weighted by Gasteiger charge is 2.19. The van der Waals surface area contributed by atoms with Crippen molar-refractivity contribution in [1.29, 1.82) is 0 Å². The molecule has 0 radical (unpaired) electrons. The van der Waals surface area contributed by atoms with Crippen LogP contribution in [0.25, 0.3) is 0 Å². The van der Waals surface area contributed by atoms with Crippen LogP contribution in [0.2, 0.25) is 0 Å². The molecule has 0 aliphatic rings. The van der Waals surface area contributed by atoms with Gasteiger partial charge in [0, 0.05) is 26.6 Å². The number of hydrogen-bond acceptors (Lipinski definition) is 5. The normalized spacial score (nSPS) is 10.0. The Morgan fingerprint density at radius 3 is 2.94 bits per heavy atom. The van der Waals surface area contributed by atoms with Gasteiger partial charge in [-0.3, -0.25) is 9.36 Å². The van der Waals surface area contributed by atoms with E-state index in [1.807, 2.05) is 6.92 Å². The molecule has 0 saturated carbocycles. The summed E-state index contributed by atoms with van der Waals surface area (Å²) >= 11 is 0. The Labute approximate surface area is 98.2 Å². The number of nitrogens with one attached hydrogen (secondary N) is 2. The molecule has 94 valence electrons. The topological polar surface area (TPSA) is 102 Å². The van der Waals surface area contributed by atoms with Crippen LogP contribution in [0.15, 0.2) is 6.33 Å². The summed E-state index contributed by atoms with van der Waals surface area (Å²) in [5.41, 5.74) is 0. The lowest BCUT2D eigenvalue weighted by Crippen LogP contribution is -2.25. The molecule has 17 heavy (non-hydrogen) atoms. The number of carbonyl (C=O) groups is 1. The Bertz CT molecular complexity index is 415. The molecule has 8 heteroatoms. The predicted molar refractivity (Wildman–Crippen MR) is 61.7 cm³/mol. The monoisotopic (exact) mass is 241 g/mol. The van der Waals surface area contributed by atoms with Gasteiger partial charge in [-0.2, -0.15) is 0 Å².